The van der Waals surface area contributed by atoms with E-state index in [9.17, 15) is 28.0 Å². The summed E-state index contributed by atoms with van der Waals surface area (Å²) in [4.78, 5) is 11.1. The highest BCUT2D eigenvalue weighted by Gasteiger charge is 2.25. The molecule has 1 amide bonds. The van der Waals surface area contributed by atoms with Crippen molar-refractivity contribution >= 4 is 16.2 Å². The van der Waals surface area contributed by atoms with Gasteiger partial charge in [-0.1, -0.05) is 48.5 Å². The first-order chi connectivity index (χ1) is 12.3. The summed E-state index contributed by atoms with van der Waals surface area (Å²) >= 11 is 0. The Kier molecular flexibility index (Phi) is 6.70. The van der Waals surface area contributed by atoms with Crippen molar-refractivity contribution in [1.82, 2.24) is 5.32 Å². The molecule has 2 atom stereocenters. The van der Waals surface area contributed by atoms with Gasteiger partial charge >= 0.3 is 6.09 Å². The third kappa shape index (κ3) is 5.53. The molecule has 2 rings (SSSR count). The summed E-state index contributed by atoms with van der Waals surface area (Å²) in [7, 11) is -4.57. The van der Waals surface area contributed by atoms with Gasteiger partial charge in [0.05, 0.1) is 4.90 Å². The SMILES string of the molecule is O=C(NCC(O)C(O)c1ccccc1S(=O)(=O)O)OCc1ccccc1. The molecule has 2 unspecified atom stereocenters. The predicted molar refractivity (Wildman–Crippen MR) is 91.9 cm³/mol. The zero-order valence-corrected chi connectivity index (χ0v) is 14.5. The summed E-state index contributed by atoms with van der Waals surface area (Å²) < 4.78 is 36.8. The summed E-state index contributed by atoms with van der Waals surface area (Å²) in [6.45, 7) is -0.342. The Labute approximate surface area is 150 Å². The van der Waals surface area contributed by atoms with E-state index in [0.29, 0.717) is 0 Å². The number of carbonyl (C=O) groups is 1. The summed E-state index contributed by atoms with van der Waals surface area (Å²) in [5, 5.41) is 22.4. The highest BCUT2D eigenvalue weighted by Crippen LogP contribution is 2.24. The maximum absolute atomic E-state index is 11.6. The summed E-state index contributed by atoms with van der Waals surface area (Å²) in [6.07, 6.45) is -3.95. The monoisotopic (exact) mass is 381 g/mol. The van der Waals surface area contributed by atoms with Crippen LogP contribution in [0.15, 0.2) is 59.5 Å². The molecule has 4 N–H and O–H groups in total. The van der Waals surface area contributed by atoms with E-state index in [-0.39, 0.29) is 18.7 Å². The second-order valence-electron chi connectivity index (χ2n) is 5.47. The van der Waals surface area contributed by atoms with Gasteiger partial charge in [-0.25, -0.2) is 4.79 Å². The number of amides is 1. The second-order valence-corrected chi connectivity index (χ2v) is 6.86. The van der Waals surface area contributed by atoms with E-state index in [0.717, 1.165) is 11.6 Å². The molecule has 2 aromatic rings. The first-order valence-electron chi connectivity index (χ1n) is 7.66. The van der Waals surface area contributed by atoms with E-state index in [1.165, 1.54) is 18.2 Å². The molecule has 0 heterocycles. The van der Waals surface area contributed by atoms with Crippen molar-refractivity contribution in [3.8, 4) is 0 Å². The highest BCUT2D eigenvalue weighted by molar-refractivity contribution is 7.85. The van der Waals surface area contributed by atoms with Gasteiger partial charge in [-0.15, -0.1) is 0 Å². The number of ether oxygens (including phenoxy) is 1. The Hall–Kier alpha value is -2.46. The van der Waals surface area contributed by atoms with E-state index in [1.54, 1.807) is 24.3 Å². The van der Waals surface area contributed by atoms with Crippen LogP contribution >= 0.6 is 0 Å². The maximum Gasteiger partial charge on any atom is 0.407 e. The largest absolute Gasteiger partial charge is 0.445 e. The Morgan fingerprint density at radius 1 is 1.04 bits per heavy atom. The maximum atomic E-state index is 11.6. The lowest BCUT2D eigenvalue weighted by molar-refractivity contribution is 0.0167. The quantitative estimate of drug-likeness (QED) is 0.531. The van der Waals surface area contributed by atoms with E-state index < -0.39 is 33.3 Å². The van der Waals surface area contributed by atoms with Crippen molar-refractivity contribution in [3.05, 3.63) is 65.7 Å². The van der Waals surface area contributed by atoms with Crippen molar-refractivity contribution in [2.45, 2.75) is 23.7 Å². The van der Waals surface area contributed by atoms with Crippen LogP contribution in [-0.4, -0.2) is 41.9 Å². The average molecular weight is 381 g/mol. The van der Waals surface area contributed by atoms with Crippen molar-refractivity contribution in [2.24, 2.45) is 0 Å². The van der Waals surface area contributed by atoms with Gasteiger partial charge in [0.2, 0.25) is 0 Å². The molecule has 26 heavy (non-hydrogen) atoms. The van der Waals surface area contributed by atoms with E-state index >= 15 is 0 Å². The fraction of sp³-hybridized carbons (Fsp3) is 0.235. The second kappa shape index (κ2) is 8.77. The number of hydrogen-bond acceptors (Lipinski definition) is 6. The van der Waals surface area contributed by atoms with E-state index in [2.05, 4.69) is 5.32 Å². The van der Waals surface area contributed by atoms with Gasteiger partial charge in [-0.2, -0.15) is 8.42 Å². The van der Waals surface area contributed by atoms with Crippen LogP contribution in [0.4, 0.5) is 4.79 Å². The van der Waals surface area contributed by atoms with Gasteiger partial charge in [0.25, 0.3) is 10.1 Å². The minimum absolute atomic E-state index is 0.0386. The van der Waals surface area contributed by atoms with Crippen LogP contribution in [-0.2, 0) is 21.5 Å². The number of benzene rings is 2. The molecule has 0 aliphatic heterocycles. The van der Waals surface area contributed by atoms with Gasteiger partial charge in [-0.3, -0.25) is 4.55 Å². The molecule has 0 bridgehead atoms. The van der Waals surface area contributed by atoms with E-state index in [1.807, 2.05) is 6.07 Å². The first kappa shape index (κ1) is 19.9. The smallest absolute Gasteiger partial charge is 0.407 e. The molecule has 0 spiro atoms. The lowest BCUT2D eigenvalue weighted by atomic mass is 10.0. The lowest BCUT2D eigenvalue weighted by Crippen LogP contribution is -2.36. The van der Waals surface area contributed by atoms with Gasteiger partial charge in [0.15, 0.2) is 0 Å². The third-order valence-corrected chi connectivity index (χ3v) is 4.48. The fourth-order valence-electron chi connectivity index (χ4n) is 2.24. The zero-order valence-electron chi connectivity index (χ0n) is 13.6. The molecular formula is C17H19NO7S. The topological polar surface area (TPSA) is 133 Å². The third-order valence-electron chi connectivity index (χ3n) is 3.55. The number of alkyl carbamates (subject to hydrolysis) is 1. The van der Waals surface area contributed by atoms with Gasteiger partial charge in [0, 0.05) is 12.1 Å². The van der Waals surface area contributed by atoms with Crippen LogP contribution in [0.3, 0.4) is 0 Å². The minimum atomic E-state index is -4.57. The van der Waals surface area contributed by atoms with Crippen LogP contribution < -0.4 is 5.32 Å². The minimum Gasteiger partial charge on any atom is -0.445 e. The van der Waals surface area contributed by atoms with Crippen LogP contribution in [0.1, 0.15) is 17.2 Å². The van der Waals surface area contributed by atoms with Gasteiger partial charge < -0.3 is 20.3 Å². The molecule has 0 aliphatic rings. The van der Waals surface area contributed by atoms with Gasteiger partial charge in [-0.05, 0) is 11.6 Å². The Bertz CT molecular complexity index is 839. The molecule has 140 valence electrons. The highest BCUT2D eigenvalue weighted by atomic mass is 32.2. The average Bonchev–Trinajstić information content (AvgIpc) is 2.64. The molecule has 0 fully saturated rings. The van der Waals surface area contributed by atoms with Crippen LogP contribution in [0, 0.1) is 0 Å². The Morgan fingerprint density at radius 2 is 1.65 bits per heavy atom. The number of rotatable bonds is 7. The lowest BCUT2D eigenvalue weighted by Gasteiger charge is -2.20. The van der Waals surface area contributed by atoms with Crippen molar-refractivity contribution in [2.75, 3.05) is 6.54 Å². The molecule has 0 saturated carbocycles. The molecule has 8 nitrogen and oxygen atoms in total. The number of aliphatic hydroxyl groups is 2. The molecule has 0 aromatic heterocycles. The number of carbonyl (C=O) groups excluding carboxylic acids is 1. The molecule has 0 aliphatic carbocycles. The van der Waals surface area contributed by atoms with Crippen molar-refractivity contribution in [3.63, 3.8) is 0 Å². The van der Waals surface area contributed by atoms with Crippen LogP contribution in [0.25, 0.3) is 0 Å². The van der Waals surface area contributed by atoms with Crippen LogP contribution in [0.2, 0.25) is 0 Å². The Morgan fingerprint density at radius 3 is 2.31 bits per heavy atom. The van der Waals surface area contributed by atoms with Gasteiger partial charge in [0.1, 0.15) is 18.8 Å². The number of nitrogens with one attached hydrogen (secondary N) is 1. The standard InChI is InChI=1S/C17H19NO7S/c19-14(10-18-17(21)25-11-12-6-2-1-3-7-12)16(20)13-8-4-5-9-15(13)26(22,23)24/h1-9,14,16,19-20H,10-11H2,(H,18,21)(H,22,23,24). The van der Waals surface area contributed by atoms with E-state index in [4.69, 9.17) is 4.74 Å². The van der Waals surface area contributed by atoms with Crippen molar-refractivity contribution in [1.29, 1.82) is 0 Å². The number of hydrogen-bond donors (Lipinski definition) is 4. The van der Waals surface area contributed by atoms with Crippen molar-refractivity contribution < 1.29 is 32.7 Å². The molecule has 0 saturated heterocycles. The molecule has 2 aromatic carbocycles. The fourth-order valence-corrected chi connectivity index (χ4v) is 2.98. The first-order valence-corrected chi connectivity index (χ1v) is 9.10. The molecule has 9 heteroatoms. The Balaban J connectivity index is 1.91. The summed E-state index contributed by atoms with van der Waals surface area (Å²) in [6, 6.07) is 14.1. The number of aliphatic hydroxyl groups excluding tert-OH is 2. The molecule has 0 radical (unpaired) electrons. The zero-order chi connectivity index (χ0) is 19.2. The summed E-state index contributed by atoms with van der Waals surface area (Å²) in [5.41, 5.74) is 0.604. The molecular weight excluding hydrogens is 362 g/mol. The van der Waals surface area contributed by atoms with Crippen LogP contribution in [0.5, 0.6) is 0 Å². The predicted octanol–water partition coefficient (Wildman–Crippen LogP) is 1.25. The normalized spacial score (nSPS) is 13.7. The summed E-state index contributed by atoms with van der Waals surface area (Å²) in [5.74, 6) is 0.